The molecule has 2 saturated carbocycles. The van der Waals surface area contributed by atoms with E-state index < -0.39 is 16.6 Å². The summed E-state index contributed by atoms with van der Waals surface area (Å²) in [5.41, 5.74) is 3.70. The Kier molecular flexibility index (Phi) is 13.6. The van der Waals surface area contributed by atoms with Gasteiger partial charge >= 0.3 is 0 Å². The molecule has 0 N–H and O–H groups in total. The van der Waals surface area contributed by atoms with Crippen molar-refractivity contribution in [1.82, 2.24) is 0 Å². The van der Waals surface area contributed by atoms with Crippen LogP contribution >= 0.6 is 0 Å². The van der Waals surface area contributed by atoms with Crippen LogP contribution in [0.25, 0.3) is 0 Å². The second kappa shape index (κ2) is 15.8. The number of fused-ring (bicyclic) bond motifs is 4. The molecule has 2 fully saturated rings. The van der Waals surface area contributed by atoms with Crippen LogP contribution < -0.4 is 0 Å². The second-order valence-corrected chi connectivity index (χ2v) is 27.5. The Hall–Kier alpha value is -0.826. The fourth-order valence-corrected chi connectivity index (χ4v) is 21.2. The maximum absolute atomic E-state index is 12.3. The Morgan fingerprint density at radius 3 is 1.11 bits per heavy atom. The molecule has 0 aromatic heterocycles. The molecule has 0 radical (unpaired) electrons. The fourth-order valence-electron chi connectivity index (χ4n) is 10.3. The van der Waals surface area contributed by atoms with Crippen LogP contribution in [-0.2, 0) is 18.4 Å². The summed E-state index contributed by atoms with van der Waals surface area (Å²) in [7, 11) is -3.57. The van der Waals surface area contributed by atoms with E-state index in [-0.39, 0.29) is 11.8 Å². The van der Waals surface area contributed by atoms with Gasteiger partial charge in [-0.2, -0.15) is 0 Å². The summed E-state index contributed by atoms with van der Waals surface area (Å²) in [6, 6.07) is 0. The van der Waals surface area contributed by atoms with Gasteiger partial charge in [0.2, 0.25) is 0 Å². The summed E-state index contributed by atoms with van der Waals surface area (Å²) in [6.07, 6.45) is 14.9. The third kappa shape index (κ3) is 7.99. The van der Waals surface area contributed by atoms with Gasteiger partial charge in [-0.1, -0.05) is 107 Å². The van der Waals surface area contributed by atoms with E-state index in [1.165, 1.54) is 12.8 Å². The number of carbonyl (C=O) groups is 2. The van der Waals surface area contributed by atoms with Gasteiger partial charge in [-0.25, -0.2) is 0 Å². The van der Waals surface area contributed by atoms with Crippen molar-refractivity contribution >= 4 is 28.2 Å². The number of allylic oxidation sites excluding steroid dienone is 4. The minimum absolute atomic E-state index is 0.216. The van der Waals surface area contributed by atoms with Gasteiger partial charge in [0.15, 0.2) is 16.6 Å². The molecule has 0 unspecified atom stereocenters. The molecule has 4 bridgehead atoms. The molecule has 252 valence electrons. The molecule has 0 saturated heterocycles. The van der Waals surface area contributed by atoms with Crippen molar-refractivity contribution in [3.8, 4) is 0 Å². The molecule has 4 aliphatic carbocycles. The van der Waals surface area contributed by atoms with Crippen molar-refractivity contribution in [2.45, 2.75) is 155 Å². The van der Waals surface area contributed by atoms with Crippen molar-refractivity contribution in [3.63, 3.8) is 0 Å². The summed E-state index contributed by atoms with van der Waals surface area (Å²) < 4.78 is 13.3. The Balaban J connectivity index is 0.000000240. The average molecular weight is 645 g/mol. The highest BCUT2D eigenvalue weighted by Crippen LogP contribution is 2.45. The first-order valence-corrected chi connectivity index (χ1v) is 22.6. The largest absolute Gasteiger partial charge is 0.416 e. The van der Waals surface area contributed by atoms with Crippen molar-refractivity contribution < 1.29 is 18.4 Å². The summed E-state index contributed by atoms with van der Waals surface area (Å²) in [5.74, 6) is 3.42. The zero-order chi connectivity index (χ0) is 33.0. The standard InChI is InChI=1S/2C19H34O2Si/c2*1-13(2)22(14(3)4,15(5)6)21-10-9-18-17-8-7-16(11-17)12-19(18)20/h2*7-8,13-18H,9-12H2,1-6H3/t16-,17+,18+;16-,17+,18-/m00/s1. The van der Waals surface area contributed by atoms with Crippen molar-refractivity contribution in [3.05, 3.63) is 24.3 Å². The van der Waals surface area contributed by atoms with E-state index in [1.807, 2.05) is 0 Å². The first kappa shape index (κ1) is 37.6. The van der Waals surface area contributed by atoms with Gasteiger partial charge in [0.05, 0.1) is 0 Å². The molecule has 0 amide bonds. The minimum atomic E-state index is -1.79. The summed E-state index contributed by atoms with van der Waals surface area (Å²) in [5, 5.41) is 0. The highest BCUT2D eigenvalue weighted by molar-refractivity contribution is 6.78. The number of ketones is 2. The molecule has 4 rings (SSSR count). The molecule has 6 atom stereocenters. The van der Waals surface area contributed by atoms with Crippen molar-refractivity contribution in [2.75, 3.05) is 13.2 Å². The van der Waals surface area contributed by atoms with Crippen LogP contribution in [-0.4, -0.2) is 41.4 Å². The zero-order valence-electron chi connectivity index (χ0n) is 30.5. The lowest BCUT2D eigenvalue weighted by molar-refractivity contribution is -0.127. The van der Waals surface area contributed by atoms with E-state index in [0.29, 0.717) is 68.5 Å². The highest BCUT2D eigenvalue weighted by atomic mass is 28.4. The van der Waals surface area contributed by atoms with Crippen LogP contribution in [0.2, 0.25) is 33.2 Å². The molecule has 4 aliphatic rings. The molecular weight excluding hydrogens is 577 g/mol. The lowest BCUT2D eigenvalue weighted by atomic mass is 9.77. The number of hydrogen-bond donors (Lipinski definition) is 0. The molecule has 6 heteroatoms. The summed E-state index contributed by atoms with van der Waals surface area (Å²) in [6.45, 7) is 29.4. The van der Waals surface area contributed by atoms with E-state index in [4.69, 9.17) is 8.85 Å². The average Bonchev–Trinajstić information content (AvgIpc) is 3.50. The molecule has 44 heavy (non-hydrogen) atoms. The smallest absolute Gasteiger partial charge is 0.200 e. The van der Waals surface area contributed by atoms with Gasteiger partial charge in [0.25, 0.3) is 0 Å². The number of rotatable bonds is 14. The molecule has 0 aliphatic heterocycles. The number of carbonyl (C=O) groups excluding carboxylic acids is 2. The van der Waals surface area contributed by atoms with E-state index in [1.54, 1.807) is 0 Å². The minimum Gasteiger partial charge on any atom is -0.416 e. The Labute approximate surface area is 273 Å². The third-order valence-corrected chi connectivity index (χ3v) is 24.4. The number of hydrogen-bond acceptors (Lipinski definition) is 4. The zero-order valence-corrected chi connectivity index (χ0v) is 32.5. The van der Waals surface area contributed by atoms with Crippen molar-refractivity contribution in [1.29, 1.82) is 0 Å². The Morgan fingerprint density at radius 2 is 0.841 bits per heavy atom. The number of Topliss-reactive ketones (excluding diaryl/α,β-unsaturated/α-hetero) is 2. The van der Waals surface area contributed by atoms with Crippen molar-refractivity contribution in [2.24, 2.45) is 35.5 Å². The van der Waals surface area contributed by atoms with Crippen LogP contribution in [0, 0.1) is 35.5 Å². The fraction of sp³-hybridized carbons (Fsp3) is 0.842. The lowest BCUT2D eigenvalue weighted by Crippen LogP contribution is -2.48. The first-order chi connectivity index (χ1) is 20.6. The van der Waals surface area contributed by atoms with Gasteiger partial charge < -0.3 is 8.85 Å². The molecule has 4 nitrogen and oxygen atoms in total. The van der Waals surface area contributed by atoms with Gasteiger partial charge in [0.1, 0.15) is 11.6 Å². The van der Waals surface area contributed by atoms with Gasteiger partial charge in [-0.3, -0.25) is 9.59 Å². The Bertz CT molecular complexity index is 887. The maximum Gasteiger partial charge on any atom is 0.200 e. The summed E-state index contributed by atoms with van der Waals surface area (Å²) >= 11 is 0. The van der Waals surface area contributed by atoms with Crippen LogP contribution in [0.15, 0.2) is 24.3 Å². The van der Waals surface area contributed by atoms with E-state index in [2.05, 4.69) is 107 Å². The monoisotopic (exact) mass is 644 g/mol. The predicted octanol–water partition coefficient (Wildman–Crippen LogP) is 10.7. The quantitative estimate of drug-likeness (QED) is 0.139. The molecule has 0 aromatic rings. The molecule has 0 heterocycles. The van der Waals surface area contributed by atoms with Gasteiger partial charge in [-0.05, 0) is 82.6 Å². The van der Waals surface area contributed by atoms with Crippen LogP contribution in [0.1, 0.15) is 122 Å². The third-order valence-electron chi connectivity index (χ3n) is 12.2. The van der Waals surface area contributed by atoms with E-state index in [9.17, 15) is 9.59 Å². The van der Waals surface area contributed by atoms with Crippen LogP contribution in [0.5, 0.6) is 0 Å². The molecule has 0 aromatic carbocycles. The van der Waals surface area contributed by atoms with Crippen LogP contribution in [0.3, 0.4) is 0 Å². The predicted molar refractivity (Wildman–Crippen MR) is 191 cm³/mol. The van der Waals surface area contributed by atoms with Crippen LogP contribution in [0.4, 0.5) is 0 Å². The Morgan fingerprint density at radius 1 is 0.545 bits per heavy atom. The normalized spacial score (nSPS) is 28.4. The maximum atomic E-state index is 12.3. The summed E-state index contributed by atoms with van der Waals surface area (Å²) in [4.78, 5) is 24.7. The highest BCUT2D eigenvalue weighted by Gasteiger charge is 2.47. The first-order valence-electron chi connectivity index (χ1n) is 18.3. The topological polar surface area (TPSA) is 52.6 Å². The van der Waals surface area contributed by atoms with E-state index >= 15 is 0 Å². The SMILES string of the molecule is CC(C)[Si](OCC[C@@H]1C(=O)C[C@H]2C=C[C@@H]1C2)(C(C)C)C(C)C.CC(C)[Si](OCC[C@H]1C(=O)C[C@H]2C=C[C@@H]1C2)(C(C)C)C(C)C. The molecule has 0 spiro atoms. The lowest BCUT2D eigenvalue weighted by Gasteiger charge is -2.42. The molecular formula is C38H68O4Si2. The van der Waals surface area contributed by atoms with E-state index in [0.717, 1.165) is 38.9 Å². The second-order valence-electron chi connectivity index (χ2n) is 16.6. The van der Waals surface area contributed by atoms with Gasteiger partial charge in [0, 0.05) is 37.9 Å². The van der Waals surface area contributed by atoms with Gasteiger partial charge in [-0.15, -0.1) is 0 Å².